The molecular weight excluding hydrogens is 294 g/mol. The van der Waals surface area contributed by atoms with Crippen LogP contribution in [0.3, 0.4) is 0 Å². The summed E-state index contributed by atoms with van der Waals surface area (Å²) in [5, 5.41) is 14.1. The molecule has 3 rings (SSSR count). The zero-order chi connectivity index (χ0) is 15.5. The van der Waals surface area contributed by atoms with Gasteiger partial charge in [0.05, 0.1) is 16.3 Å². The second-order valence-electron chi connectivity index (χ2n) is 4.85. The molecule has 22 heavy (non-hydrogen) atoms. The van der Waals surface area contributed by atoms with Crippen molar-refractivity contribution in [2.45, 2.75) is 6.92 Å². The predicted molar refractivity (Wildman–Crippen MR) is 92.2 cm³/mol. The van der Waals surface area contributed by atoms with Gasteiger partial charge < -0.3 is 16.2 Å². The number of anilines is 2. The molecule has 0 spiro atoms. The number of benzene rings is 2. The highest BCUT2D eigenvalue weighted by Gasteiger charge is 2.06. The van der Waals surface area contributed by atoms with Crippen molar-refractivity contribution in [3.8, 4) is 17.6 Å². The van der Waals surface area contributed by atoms with Crippen LogP contribution in [0.15, 0.2) is 36.4 Å². The molecule has 0 amide bonds. The molecule has 0 unspecified atom stereocenters. The summed E-state index contributed by atoms with van der Waals surface area (Å²) in [6.07, 6.45) is 0. The minimum Gasteiger partial charge on any atom is -0.506 e. The number of nitrogen functional groups attached to an aromatic ring is 1. The topological polar surface area (TPSA) is 71.2 Å². The molecule has 0 aliphatic heterocycles. The van der Waals surface area contributed by atoms with E-state index in [2.05, 4.69) is 22.1 Å². The lowest BCUT2D eigenvalue weighted by Gasteiger charge is -2.01. The molecule has 0 radical (unpaired) electrons. The van der Waals surface area contributed by atoms with Crippen LogP contribution in [0.1, 0.15) is 10.6 Å². The van der Waals surface area contributed by atoms with Gasteiger partial charge in [-0.3, -0.25) is 0 Å². The molecule has 0 aliphatic carbocycles. The Kier molecular flexibility index (Phi) is 3.86. The minimum absolute atomic E-state index is 0.178. The third-order valence-electron chi connectivity index (χ3n) is 3.11. The van der Waals surface area contributed by atoms with Crippen molar-refractivity contribution >= 4 is 32.9 Å². The molecule has 1 heterocycles. The first-order valence-corrected chi connectivity index (χ1v) is 7.62. The van der Waals surface area contributed by atoms with Gasteiger partial charge in [-0.05, 0) is 43.3 Å². The summed E-state index contributed by atoms with van der Waals surface area (Å²) in [6.45, 7) is 2.44. The molecule has 0 atom stereocenters. The number of phenolic OH excluding ortho intramolecular Hbond substituents is 1. The summed E-state index contributed by atoms with van der Waals surface area (Å²) in [5.41, 5.74) is 8.78. The normalized spacial score (nSPS) is 10.2. The van der Waals surface area contributed by atoms with E-state index in [0.717, 1.165) is 26.6 Å². The van der Waals surface area contributed by atoms with Gasteiger partial charge in [0.15, 0.2) is 0 Å². The van der Waals surface area contributed by atoms with Crippen molar-refractivity contribution in [1.29, 1.82) is 0 Å². The van der Waals surface area contributed by atoms with Crippen molar-refractivity contribution in [3.05, 3.63) is 47.0 Å². The summed E-state index contributed by atoms with van der Waals surface area (Å²) < 4.78 is 0.952. The highest BCUT2D eigenvalue weighted by molar-refractivity contribution is 7.18. The van der Waals surface area contributed by atoms with E-state index in [4.69, 9.17) is 5.73 Å². The van der Waals surface area contributed by atoms with E-state index in [9.17, 15) is 5.11 Å². The summed E-state index contributed by atoms with van der Waals surface area (Å²) in [5.74, 6) is 6.27. The molecule has 1 aromatic heterocycles. The number of hydrogen-bond acceptors (Lipinski definition) is 5. The van der Waals surface area contributed by atoms with E-state index in [1.165, 1.54) is 0 Å². The van der Waals surface area contributed by atoms with Crippen LogP contribution in [0.5, 0.6) is 5.75 Å². The van der Waals surface area contributed by atoms with Crippen molar-refractivity contribution < 1.29 is 5.11 Å². The molecule has 3 aromatic rings. The Morgan fingerprint density at radius 1 is 1.27 bits per heavy atom. The van der Waals surface area contributed by atoms with Gasteiger partial charge in [0.1, 0.15) is 11.3 Å². The average molecular weight is 309 g/mol. The van der Waals surface area contributed by atoms with E-state index in [0.29, 0.717) is 12.1 Å². The zero-order valence-corrected chi connectivity index (χ0v) is 12.9. The van der Waals surface area contributed by atoms with Crippen molar-refractivity contribution in [3.63, 3.8) is 0 Å². The van der Waals surface area contributed by atoms with E-state index >= 15 is 0 Å². The second-order valence-corrected chi connectivity index (χ2v) is 6.09. The number of phenols is 1. The number of thiazole rings is 1. The monoisotopic (exact) mass is 309 g/mol. The van der Waals surface area contributed by atoms with Crippen LogP contribution >= 0.6 is 11.3 Å². The lowest BCUT2D eigenvalue weighted by Crippen LogP contribution is -1.98. The van der Waals surface area contributed by atoms with Crippen LogP contribution in [0.4, 0.5) is 11.4 Å². The molecule has 0 bridgehead atoms. The fourth-order valence-corrected chi connectivity index (χ4v) is 2.98. The minimum atomic E-state index is 0.178. The zero-order valence-electron chi connectivity index (χ0n) is 12.1. The molecule has 0 saturated heterocycles. The number of nitrogens with two attached hydrogens (primary N) is 1. The maximum atomic E-state index is 9.97. The molecule has 5 heteroatoms. The number of aromatic nitrogens is 1. The molecule has 0 aliphatic rings. The van der Waals surface area contributed by atoms with Crippen molar-refractivity contribution in [1.82, 2.24) is 4.98 Å². The lowest BCUT2D eigenvalue weighted by molar-refractivity contribution is 0.480. The molecule has 110 valence electrons. The lowest BCUT2D eigenvalue weighted by atomic mass is 10.2. The van der Waals surface area contributed by atoms with E-state index in [1.807, 2.05) is 37.3 Å². The highest BCUT2D eigenvalue weighted by Crippen LogP contribution is 2.30. The van der Waals surface area contributed by atoms with E-state index in [1.54, 1.807) is 17.4 Å². The quantitative estimate of drug-likeness (QED) is 0.501. The van der Waals surface area contributed by atoms with Gasteiger partial charge >= 0.3 is 0 Å². The van der Waals surface area contributed by atoms with Crippen LogP contribution in [-0.4, -0.2) is 16.6 Å². The number of rotatable bonds is 2. The summed E-state index contributed by atoms with van der Waals surface area (Å²) in [7, 11) is 0. The van der Waals surface area contributed by atoms with Gasteiger partial charge in [-0.15, -0.1) is 11.3 Å². The van der Waals surface area contributed by atoms with E-state index < -0.39 is 0 Å². The summed E-state index contributed by atoms with van der Waals surface area (Å²) >= 11 is 1.55. The maximum Gasteiger partial charge on any atom is 0.143 e. The van der Waals surface area contributed by atoms with Crippen LogP contribution in [0, 0.1) is 18.8 Å². The molecule has 4 nitrogen and oxygen atoms in total. The van der Waals surface area contributed by atoms with Gasteiger partial charge in [-0.25, -0.2) is 4.98 Å². The largest absolute Gasteiger partial charge is 0.506 e. The Bertz CT molecular complexity index is 873. The van der Waals surface area contributed by atoms with Crippen LogP contribution in [0.2, 0.25) is 0 Å². The van der Waals surface area contributed by atoms with E-state index in [-0.39, 0.29) is 5.75 Å². The SMILES string of the molecule is Cc1nc2c(O)cc(C#CCNc3ccc(N)cc3)cc2s1. The van der Waals surface area contributed by atoms with Crippen molar-refractivity contribution in [2.24, 2.45) is 0 Å². The van der Waals surface area contributed by atoms with Crippen LogP contribution in [0.25, 0.3) is 10.2 Å². The summed E-state index contributed by atoms with van der Waals surface area (Å²) in [4.78, 5) is 4.29. The summed E-state index contributed by atoms with van der Waals surface area (Å²) in [6, 6.07) is 11.1. The number of hydrogen-bond donors (Lipinski definition) is 3. The van der Waals surface area contributed by atoms with Crippen LogP contribution in [-0.2, 0) is 0 Å². The van der Waals surface area contributed by atoms with Gasteiger partial charge in [0, 0.05) is 16.9 Å². The van der Waals surface area contributed by atoms with Gasteiger partial charge in [0.25, 0.3) is 0 Å². The molecule has 2 aromatic carbocycles. The number of fused-ring (bicyclic) bond motifs is 1. The number of nitrogens with zero attached hydrogens (tertiary/aromatic N) is 1. The highest BCUT2D eigenvalue weighted by atomic mass is 32.1. The first kappa shape index (κ1) is 14.2. The number of nitrogens with one attached hydrogen (secondary N) is 1. The fourth-order valence-electron chi connectivity index (χ4n) is 2.09. The Morgan fingerprint density at radius 2 is 2.05 bits per heavy atom. The van der Waals surface area contributed by atoms with Gasteiger partial charge in [0.2, 0.25) is 0 Å². The fraction of sp³-hybridized carbons (Fsp3) is 0.118. The first-order chi connectivity index (χ1) is 10.6. The van der Waals surface area contributed by atoms with Gasteiger partial charge in [-0.1, -0.05) is 11.8 Å². The number of aromatic hydroxyl groups is 1. The Morgan fingerprint density at radius 3 is 2.82 bits per heavy atom. The molecular formula is C17H15N3OS. The second kappa shape index (κ2) is 5.96. The number of aryl methyl sites for hydroxylation is 1. The van der Waals surface area contributed by atoms with Crippen molar-refractivity contribution in [2.75, 3.05) is 17.6 Å². The predicted octanol–water partition coefficient (Wildman–Crippen LogP) is 3.36. The molecule has 0 saturated carbocycles. The average Bonchev–Trinajstić information content (AvgIpc) is 2.86. The third-order valence-corrected chi connectivity index (χ3v) is 4.02. The standard InChI is InChI=1S/C17H15N3OS/c1-11-20-17-15(21)9-12(10-16(17)22-11)3-2-8-19-14-6-4-13(18)5-7-14/h4-7,9-10,19,21H,8,18H2,1H3. The van der Waals surface area contributed by atoms with Crippen LogP contribution < -0.4 is 11.1 Å². The van der Waals surface area contributed by atoms with Gasteiger partial charge in [-0.2, -0.15) is 0 Å². The first-order valence-electron chi connectivity index (χ1n) is 6.80. The Hall–Kier alpha value is -2.71. The Labute approximate surface area is 132 Å². The third kappa shape index (κ3) is 3.13. The molecule has 4 N–H and O–H groups in total. The Balaban J connectivity index is 1.72. The maximum absolute atomic E-state index is 9.97. The molecule has 0 fully saturated rings. The smallest absolute Gasteiger partial charge is 0.143 e.